The van der Waals surface area contributed by atoms with Gasteiger partial charge in [0.1, 0.15) is 5.37 Å². The van der Waals surface area contributed by atoms with Crippen LogP contribution in [-0.4, -0.2) is 47.4 Å². The van der Waals surface area contributed by atoms with E-state index >= 15 is 0 Å². The highest BCUT2D eigenvalue weighted by Gasteiger charge is 2.58. The summed E-state index contributed by atoms with van der Waals surface area (Å²) < 4.78 is 26.6. The normalized spacial score (nSPS) is 20.4. The van der Waals surface area contributed by atoms with E-state index < -0.39 is 36.8 Å². The van der Waals surface area contributed by atoms with Gasteiger partial charge < -0.3 is 11.1 Å². The fourth-order valence-corrected chi connectivity index (χ4v) is 6.59. The summed E-state index contributed by atoms with van der Waals surface area (Å²) in [5, 5.41) is 6.87. The van der Waals surface area contributed by atoms with Crippen molar-refractivity contribution >= 4 is 50.2 Å². The Morgan fingerprint density at radius 3 is 2.21 bits per heavy atom. The lowest BCUT2D eigenvalue weighted by Gasteiger charge is -2.41. The lowest BCUT2D eigenvalue weighted by molar-refractivity contribution is -0.143. The first-order valence-electron chi connectivity index (χ1n) is 10.6. The Morgan fingerprint density at radius 1 is 1.15 bits per heavy atom. The average Bonchev–Trinajstić information content (AvgIpc) is 3.10. The van der Waals surface area contributed by atoms with E-state index in [9.17, 15) is 18.0 Å². The first-order valence-corrected chi connectivity index (χ1v) is 13.7. The maximum absolute atomic E-state index is 13.6. The van der Waals surface area contributed by atoms with Crippen LogP contribution >= 0.6 is 23.4 Å². The van der Waals surface area contributed by atoms with Crippen LogP contribution in [0.2, 0.25) is 0 Å². The Labute approximate surface area is 205 Å². The van der Waals surface area contributed by atoms with Gasteiger partial charge in [-0.3, -0.25) is 9.59 Å². The highest BCUT2D eigenvalue weighted by Crippen LogP contribution is 2.50. The van der Waals surface area contributed by atoms with Crippen LogP contribution < -0.4 is 11.1 Å². The maximum atomic E-state index is 13.6. The van der Waals surface area contributed by atoms with Crippen LogP contribution in [0.4, 0.5) is 0 Å². The molecule has 1 aromatic rings. The molecule has 0 aliphatic carbocycles. The molecular formula is C22H33ClN4O4S2. The van der Waals surface area contributed by atoms with E-state index in [0.717, 1.165) is 16.8 Å². The summed E-state index contributed by atoms with van der Waals surface area (Å²) >= 11 is 6.70. The molecule has 1 heterocycles. The summed E-state index contributed by atoms with van der Waals surface area (Å²) in [6, 6.07) is 8.67. The molecule has 0 saturated carbocycles. The molecule has 0 radical (unpaired) electrons. The number of nitrogens with zero attached hydrogens (tertiary/aromatic N) is 2. The first kappa shape index (κ1) is 27.6. The Kier molecular flexibility index (Phi) is 8.32. The molecule has 0 aromatic heterocycles. The molecular weight excluding hydrogens is 484 g/mol. The number of hydrogen-bond acceptors (Lipinski definition) is 7. The number of thioether (sulfide) groups is 1. The number of amides is 2. The Balaban J connectivity index is 2.72. The number of hydrogen-bond donors (Lipinski definition) is 2. The van der Waals surface area contributed by atoms with Crippen LogP contribution in [0.3, 0.4) is 0 Å². The minimum absolute atomic E-state index is 0.111. The van der Waals surface area contributed by atoms with Gasteiger partial charge >= 0.3 is 0 Å². The predicted molar refractivity (Wildman–Crippen MR) is 134 cm³/mol. The topological polar surface area (TPSA) is 122 Å². The monoisotopic (exact) mass is 516 g/mol. The summed E-state index contributed by atoms with van der Waals surface area (Å²) in [5.41, 5.74) is 5.34. The van der Waals surface area contributed by atoms with Crippen LogP contribution in [0.1, 0.15) is 53.5 Å². The van der Waals surface area contributed by atoms with E-state index in [1.165, 1.54) is 0 Å². The third kappa shape index (κ3) is 5.90. The molecule has 0 fully saturated rings. The lowest BCUT2D eigenvalue weighted by Crippen LogP contribution is -2.59. The third-order valence-electron chi connectivity index (χ3n) is 5.02. The second-order valence-corrected chi connectivity index (χ2v) is 13.8. The van der Waals surface area contributed by atoms with Crippen molar-refractivity contribution in [3.8, 4) is 0 Å². The molecule has 8 nitrogen and oxygen atoms in total. The number of amidine groups is 1. The van der Waals surface area contributed by atoms with Crippen molar-refractivity contribution in [3.05, 3.63) is 35.9 Å². The molecule has 11 heteroatoms. The quantitative estimate of drug-likeness (QED) is 0.560. The number of hydrazone groups is 1. The van der Waals surface area contributed by atoms with Gasteiger partial charge in [-0.2, -0.15) is 0 Å². The van der Waals surface area contributed by atoms with Crippen LogP contribution in [0, 0.1) is 10.8 Å². The fraction of sp³-hybridized carbons (Fsp3) is 0.591. The number of alkyl halides is 1. The predicted octanol–water partition coefficient (Wildman–Crippen LogP) is 3.22. The first-order chi connectivity index (χ1) is 15.1. The standard InChI is InChI=1S/C22H33ClN4O4S2/c1-20(2,3)17(28)25-19-26-27(18(29)21(4,5)6)22(32-19,15-11-8-7-9-12-15)16(24)33(30,31)14-10-13-23/h7-9,11-12,16H,10,13-14,24H2,1-6H3,(H,25,26,28). The van der Waals surface area contributed by atoms with Crippen molar-refractivity contribution in [1.29, 1.82) is 0 Å². The summed E-state index contributed by atoms with van der Waals surface area (Å²) in [6.45, 7) is 10.4. The zero-order valence-corrected chi connectivity index (χ0v) is 22.3. The van der Waals surface area contributed by atoms with E-state index in [2.05, 4.69) is 10.4 Å². The molecule has 0 spiro atoms. The maximum Gasteiger partial charge on any atom is 0.249 e. The van der Waals surface area contributed by atoms with Crippen molar-refractivity contribution in [3.63, 3.8) is 0 Å². The molecule has 0 saturated heterocycles. The highest BCUT2D eigenvalue weighted by atomic mass is 35.5. The number of carbonyl (C=O) groups is 2. The fourth-order valence-electron chi connectivity index (χ4n) is 3.05. The highest BCUT2D eigenvalue weighted by molar-refractivity contribution is 8.15. The van der Waals surface area contributed by atoms with E-state index in [0.29, 0.717) is 5.56 Å². The molecule has 2 atom stereocenters. The molecule has 1 aliphatic heterocycles. The summed E-state index contributed by atoms with van der Waals surface area (Å²) in [6.07, 6.45) is 0.217. The van der Waals surface area contributed by atoms with E-state index in [4.69, 9.17) is 17.3 Å². The minimum atomic E-state index is -3.91. The Hall–Kier alpha value is -1.62. The van der Waals surface area contributed by atoms with Gasteiger partial charge in [0.15, 0.2) is 19.9 Å². The van der Waals surface area contributed by atoms with Crippen LogP contribution in [0.15, 0.2) is 35.4 Å². The third-order valence-corrected chi connectivity index (χ3v) is 8.76. The Morgan fingerprint density at radius 2 is 1.73 bits per heavy atom. The molecule has 1 aromatic carbocycles. The van der Waals surface area contributed by atoms with Gasteiger partial charge in [0, 0.05) is 16.7 Å². The van der Waals surface area contributed by atoms with E-state index in [1.807, 2.05) is 0 Å². The van der Waals surface area contributed by atoms with Gasteiger partial charge in [0.05, 0.1) is 5.75 Å². The second-order valence-electron chi connectivity index (χ2n) is 9.97. The van der Waals surface area contributed by atoms with E-state index in [1.54, 1.807) is 71.9 Å². The zero-order chi connectivity index (χ0) is 25.2. The van der Waals surface area contributed by atoms with Crippen LogP contribution in [-0.2, 0) is 24.3 Å². The Bertz CT molecular complexity index is 1020. The van der Waals surface area contributed by atoms with Crippen molar-refractivity contribution < 1.29 is 18.0 Å². The molecule has 3 N–H and O–H groups in total. The van der Waals surface area contributed by atoms with Gasteiger partial charge in [0.25, 0.3) is 0 Å². The van der Waals surface area contributed by atoms with E-state index in [-0.39, 0.29) is 29.1 Å². The van der Waals surface area contributed by atoms with Crippen molar-refractivity contribution in [2.45, 2.75) is 58.2 Å². The number of halogens is 1. The van der Waals surface area contributed by atoms with Gasteiger partial charge in [-0.25, -0.2) is 13.4 Å². The summed E-state index contributed by atoms with van der Waals surface area (Å²) in [5.74, 6) is -0.833. The molecule has 2 rings (SSSR count). The lowest BCUT2D eigenvalue weighted by atomic mass is 9.93. The summed E-state index contributed by atoms with van der Waals surface area (Å²) in [7, 11) is -3.91. The van der Waals surface area contributed by atoms with Gasteiger partial charge in [-0.15, -0.1) is 16.7 Å². The second kappa shape index (κ2) is 9.93. The molecule has 0 bridgehead atoms. The molecule has 2 amide bonds. The average molecular weight is 517 g/mol. The number of nitrogens with one attached hydrogen (secondary N) is 1. The molecule has 184 valence electrons. The zero-order valence-electron chi connectivity index (χ0n) is 19.9. The summed E-state index contributed by atoms with van der Waals surface area (Å²) in [4.78, 5) is 24.6. The number of rotatable bonds is 6. The largest absolute Gasteiger partial charge is 0.312 e. The van der Waals surface area contributed by atoms with Crippen molar-refractivity contribution in [2.75, 3.05) is 11.6 Å². The number of benzene rings is 1. The van der Waals surface area contributed by atoms with Crippen molar-refractivity contribution in [2.24, 2.45) is 21.7 Å². The van der Waals surface area contributed by atoms with Gasteiger partial charge in [0.2, 0.25) is 11.8 Å². The number of carbonyl (C=O) groups excluding carboxylic acids is 2. The van der Waals surface area contributed by atoms with Crippen molar-refractivity contribution in [1.82, 2.24) is 10.3 Å². The van der Waals surface area contributed by atoms with Gasteiger partial charge in [-0.1, -0.05) is 71.9 Å². The number of sulfone groups is 1. The van der Waals surface area contributed by atoms with Crippen LogP contribution in [0.5, 0.6) is 0 Å². The minimum Gasteiger partial charge on any atom is -0.312 e. The molecule has 33 heavy (non-hydrogen) atoms. The SMILES string of the molecule is CC(C)(C)C(=O)NC1=NN(C(=O)C(C)(C)C)C(c2ccccc2)(C(N)S(=O)(=O)CCCCl)S1. The van der Waals surface area contributed by atoms with Gasteiger partial charge in [-0.05, 0) is 23.7 Å². The smallest absolute Gasteiger partial charge is 0.249 e. The van der Waals surface area contributed by atoms with Crippen LogP contribution in [0.25, 0.3) is 0 Å². The number of nitrogens with two attached hydrogens (primary N) is 1. The molecule has 2 unspecified atom stereocenters. The molecule has 1 aliphatic rings.